The average molecular weight is 255 g/mol. The summed E-state index contributed by atoms with van der Waals surface area (Å²) in [5.41, 5.74) is 5.38. The Bertz CT molecular complexity index is 415. The van der Waals surface area contributed by atoms with Gasteiger partial charge in [-0.05, 0) is 26.0 Å². The summed E-state index contributed by atoms with van der Waals surface area (Å²) in [5, 5.41) is 11.3. The molecule has 0 aliphatic rings. The maximum atomic E-state index is 12.1. The number of hydrogen-bond donors (Lipinski definition) is 2. The van der Waals surface area contributed by atoms with Gasteiger partial charge >= 0.3 is 0 Å². The zero-order chi connectivity index (χ0) is 12.8. The molecule has 1 amide bonds. The molecule has 94 valence electrons. The van der Waals surface area contributed by atoms with Crippen molar-refractivity contribution in [1.29, 1.82) is 0 Å². The van der Waals surface area contributed by atoms with Gasteiger partial charge in [0.2, 0.25) is 0 Å². The fourth-order valence-electron chi connectivity index (χ4n) is 1.41. The van der Waals surface area contributed by atoms with Crippen LogP contribution >= 0.6 is 11.3 Å². The first-order chi connectivity index (χ1) is 8.08. The molecule has 0 saturated heterocycles. The number of aryl methyl sites for hydroxylation is 1. The third-order valence-electron chi connectivity index (χ3n) is 2.39. The van der Waals surface area contributed by atoms with Crippen molar-refractivity contribution < 1.29 is 10.0 Å². The summed E-state index contributed by atoms with van der Waals surface area (Å²) >= 11 is 1.48. The second-order valence-electron chi connectivity index (χ2n) is 3.64. The monoisotopic (exact) mass is 255 g/mol. The fourth-order valence-corrected chi connectivity index (χ4v) is 2.24. The predicted molar refractivity (Wildman–Crippen MR) is 68.7 cm³/mol. The normalized spacial score (nSPS) is 11.5. The first-order valence-corrected chi connectivity index (χ1v) is 6.22. The number of carbonyl (C=O) groups excluding carboxylic acids is 1. The van der Waals surface area contributed by atoms with Gasteiger partial charge in [-0.3, -0.25) is 4.79 Å². The molecule has 1 aromatic heterocycles. The Hall–Kier alpha value is -1.56. The van der Waals surface area contributed by atoms with E-state index in [0.717, 1.165) is 9.75 Å². The zero-order valence-corrected chi connectivity index (χ0v) is 10.8. The molecule has 3 N–H and O–H groups in total. The molecule has 0 aliphatic heterocycles. The fraction of sp³-hybridized carbons (Fsp3) is 0.455. The minimum Gasteiger partial charge on any atom is -0.409 e. The summed E-state index contributed by atoms with van der Waals surface area (Å²) < 4.78 is 0. The Morgan fingerprint density at radius 2 is 2.29 bits per heavy atom. The van der Waals surface area contributed by atoms with Gasteiger partial charge in [-0.2, -0.15) is 0 Å². The molecule has 1 rings (SSSR count). The first-order valence-electron chi connectivity index (χ1n) is 5.40. The highest BCUT2D eigenvalue weighted by Crippen LogP contribution is 2.17. The second kappa shape index (κ2) is 6.24. The molecular formula is C11H17N3O2S. The van der Waals surface area contributed by atoms with Gasteiger partial charge in [0.15, 0.2) is 0 Å². The average Bonchev–Trinajstić information content (AvgIpc) is 2.76. The van der Waals surface area contributed by atoms with Crippen molar-refractivity contribution in [3.05, 3.63) is 21.9 Å². The highest BCUT2D eigenvalue weighted by molar-refractivity contribution is 7.13. The summed E-state index contributed by atoms with van der Waals surface area (Å²) in [5.74, 6) is 0.134. The Kier molecular flexibility index (Phi) is 4.96. The second-order valence-corrected chi connectivity index (χ2v) is 4.92. The van der Waals surface area contributed by atoms with Crippen molar-refractivity contribution >= 4 is 23.1 Å². The number of nitrogens with zero attached hydrogens (tertiary/aromatic N) is 2. The molecular weight excluding hydrogens is 238 g/mol. The van der Waals surface area contributed by atoms with Gasteiger partial charge in [0.25, 0.3) is 5.91 Å². The van der Waals surface area contributed by atoms with Gasteiger partial charge in [0.05, 0.1) is 4.88 Å². The predicted octanol–water partition coefficient (Wildman–Crippen LogP) is 1.66. The highest BCUT2D eigenvalue weighted by atomic mass is 32.1. The van der Waals surface area contributed by atoms with Crippen LogP contribution in [0, 0.1) is 6.92 Å². The molecule has 0 atom stereocenters. The van der Waals surface area contributed by atoms with Gasteiger partial charge in [0.1, 0.15) is 5.84 Å². The summed E-state index contributed by atoms with van der Waals surface area (Å²) in [7, 11) is 0. The molecule has 0 aliphatic carbocycles. The largest absolute Gasteiger partial charge is 0.409 e. The number of carbonyl (C=O) groups is 1. The molecule has 0 fully saturated rings. The Morgan fingerprint density at radius 3 is 2.76 bits per heavy atom. The molecule has 0 radical (unpaired) electrons. The van der Waals surface area contributed by atoms with Crippen molar-refractivity contribution in [2.24, 2.45) is 10.9 Å². The van der Waals surface area contributed by atoms with Crippen LogP contribution in [0.1, 0.15) is 27.9 Å². The Labute approximate surface area is 105 Å². The zero-order valence-electron chi connectivity index (χ0n) is 10.0. The molecule has 0 aromatic carbocycles. The van der Waals surface area contributed by atoms with E-state index >= 15 is 0 Å². The minimum absolute atomic E-state index is 0.00339. The van der Waals surface area contributed by atoms with E-state index in [-0.39, 0.29) is 11.7 Å². The number of thiophene rings is 1. The van der Waals surface area contributed by atoms with Crippen molar-refractivity contribution in [3.63, 3.8) is 0 Å². The van der Waals surface area contributed by atoms with Gasteiger partial charge in [-0.25, -0.2) is 0 Å². The van der Waals surface area contributed by atoms with Crippen LogP contribution in [0.5, 0.6) is 0 Å². The standard InChI is InChI=1S/C11H17N3O2S/c1-3-14(7-6-10(12)13-16)11(15)9-5-4-8(2)17-9/h4-5,16H,3,6-7H2,1-2H3,(H2,12,13). The van der Waals surface area contributed by atoms with Crippen molar-refractivity contribution in [2.75, 3.05) is 13.1 Å². The van der Waals surface area contributed by atoms with Crippen LogP contribution in [-0.2, 0) is 0 Å². The molecule has 0 unspecified atom stereocenters. The van der Waals surface area contributed by atoms with E-state index in [9.17, 15) is 4.79 Å². The van der Waals surface area contributed by atoms with E-state index in [2.05, 4.69) is 5.16 Å². The van der Waals surface area contributed by atoms with Crippen molar-refractivity contribution in [2.45, 2.75) is 20.3 Å². The van der Waals surface area contributed by atoms with Gasteiger partial charge in [-0.15, -0.1) is 11.3 Å². The van der Waals surface area contributed by atoms with Crippen LogP contribution in [0.4, 0.5) is 0 Å². The van der Waals surface area contributed by atoms with Gasteiger partial charge < -0.3 is 15.8 Å². The van der Waals surface area contributed by atoms with Crippen molar-refractivity contribution in [1.82, 2.24) is 4.90 Å². The molecule has 5 nitrogen and oxygen atoms in total. The van der Waals surface area contributed by atoms with Crippen LogP contribution < -0.4 is 5.73 Å². The molecule has 0 spiro atoms. The van der Waals surface area contributed by atoms with Gasteiger partial charge in [0, 0.05) is 24.4 Å². The van der Waals surface area contributed by atoms with Crippen LogP contribution in [0.2, 0.25) is 0 Å². The molecule has 1 heterocycles. The van der Waals surface area contributed by atoms with Crippen LogP contribution in [0.15, 0.2) is 17.3 Å². The van der Waals surface area contributed by atoms with E-state index in [1.165, 1.54) is 11.3 Å². The number of nitrogens with two attached hydrogens (primary N) is 1. The van der Waals surface area contributed by atoms with Crippen LogP contribution in [0.3, 0.4) is 0 Å². The van der Waals surface area contributed by atoms with Crippen LogP contribution in [-0.4, -0.2) is 34.9 Å². The lowest BCUT2D eigenvalue weighted by atomic mass is 10.3. The number of rotatable bonds is 5. The summed E-state index contributed by atoms with van der Waals surface area (Å²) in [6.07, 6.45) is 0.375. The SMILES string of the molecule is CCN(CC/C(N)=N/O)C(=O)c1ccc(C)s1. The third-order valence-corrected chi connectivity index (χ3v) is 3.38. The number of hydrogen-bond acceptors (Lipinski definition) is 4. The van der Waals surface area contributed by atoms with E-state index in [4.69, 9.17) is 10.9 Å². The smallest absolute Gasteiger partial charge is 0.263 e. The van der Waals surface area contributed by atoms with Crippen molar-refractivity contribution in [3.8, 4) is 0 Å². The molecule has 0 saturated carbocycles. The molecule has 6 heteroatoms. The summed E-state index contributed by atoms with van der Waals surface area (Å²) in [4.78, 5) is 15.6. The van der Waals surface area contributed by atoms with Gasteiger partial charge in [-0.1, -0.05) is 5.16 Å². The summed E-state index contributed by atoms with van der Waals surface area (Å²) in [6, 6.07) is 3.75. The molecule has 1 aromatic rings. The molecule has 17 heavy (non-hydrogen) atoms. The van der Waals surface area contributed by atoms with E-state index in [1.54, 1.807) is 4.90 Å². The molecule has 0 bridgehead atoms. The van der Waals surface area contributed by atoms with E-state index < -0.39 is 0 Å². The van der Waals surface area contributed by atoms with E-state index in [0.29, 0.717) is 19.5 Å². The lowest BCUT2D eigenvalue weighted by Gasteiger charge is -2.19. The number of oxime groups is 1. The minimum atomic E-state index is -0.00339. The maximum absolute atomic E-state index is 12.1. The summed E-state index contributed by atoms with van der Waals surface area (Å²) in [6.45, 7) is 4.94. The lowest BCUT2D eigenvalue weighted by Crippen LogP contribution is -2.33. The van der Waals surface area contributed by atoms with Crippen LogP contribution in [0.25, 0.3) is 0 Å². The Balaban J connectivity index is 2.64. The lowest BCUT2D eigenvalue weighted by molar-refractivity contribution is 0.0773. The third kappa shape index (κ3) is 3.74. The number of amides is 1. The van der Waals surface area contributed by atoms with E-state index in [1.807, 2.05) is 26.0 Å². The Morgan fingerprint density at radius 1 is 1.59 bits per heavy atom. The highest BCUT2D eigenvalue weighted by Gasteiger charge is 2.15. The first kappa shape index (κ1) is 13.5. The maximum Gasteiger partial charge on any atom is 0.263 e. The number of amidine groups is 1. The topological polar surface area (TPSA) is 78.9 Å². The quantitative estimate of drug-likeness (QED) is 0.363.